The summed E-state index contributed by atoms with van der Waals surface area (Å²) in [6, 6.07) is 0.609. The second-order valence-corrected chi connectivity index (χ2v) is 5.41. The van der Waals surface area contributed by atoms with Crippen LogP contribution in [0.15, 0.2) is 23.2 Å². The minimum Gasteiger partial charge on any atom is -0.354 e. The van der Waals surface area contributed by atoms with Crippen molar-refractivity contribution >= 4 is 27.4 Å². The maximum atomic E-state index is 4.58. The Bertz CT molecular complexity index is 530. The molecule has 0 spiro atoms. The number of imidazole rings is 1. The van der Waals surface area contributed by atoms with Gasteiger partial charge in [-0.15, -0.1) is 0 Å². The van der Waals surface area contributed by atoms with Crippen molar-refractivity contribution in [1.82, 2.24) is 14.4 Å². The van der Waals surface area contributed by atoms with Gasteiger partial charge in [0.05, 0.1) is 0 Å². The van der Waals surface area contributed by atoms with Gasteiger partial charge in [-0.2, -0.15) is 0 Å². The first-order valence-corrected chi connectivity index (χ1v) is 6.77. The lowest BCUT2D eigenvalue weighted by Gasteiger charge is -2.25. The van der Waals surface area contributed by atoms with Gasteiger partial charge in [-0.1, -0.05) is 12.8 Å². The molecule has 4 nitrogen and oxygen atoms in total. The maximum Gasteiger partial charge on any atom is 0.180 e. The highest BCUT2D eigenvalue weighted by Gasteiger charge is 2.22. The highest BCUT2D eigenvalue weighted by atomic mass is 79.9. The SMILES string of the molecule is CN(c1nc(Br)cn2ccnc12)C1CCCC1. The fourth-order valence-corrected chi connectivity index (χ4v) is 2.97. The molecule has 17 heavy (non-hydrogen) atoms. The van der Waals surface area contributed by atoms with E-state index < -0.39 is 0 Å². The van der Waals surface area contributed by atoms with Crippen LogP contribution in [0.3, 0.4) is 0 Å². The monoisotopic (exact) mass is 294 g/mol. The predicted molar refractivity (Wildman–Crippen MR) is 71.3 cm³/mol. The molecule has 1 fully saturated rings. The molecule has 1 saturated carbocycles. The lowest BCUT2D eigenvalue weighted by Crippen LogP contribution is -2.30. The normalized spacial score (nSPS) is 16.8. The highest BCUT2D eigenvalue weighted by Crippen LogP contribution is 2.28. The summed E-state index contributed by atoms with van der Waals surface area (Å²) in [7, 11) is 2.12. The molecule has 0 saturated heterocycles. The van der Waals surface area contributed by atoms with E-state index in [9.17, 15) is 0 Å². The Balaban J connectivity index is 2.05. The molecule has 90 valence electrons. The van der Waals surface area contributed by atoms with E-state index in [0.29, 0.717) is 6.04 Å². The number of halogens is 1. The van der Waals surface area contributed by atoms with Crippen molar-refractivity contribution in [2.75, 3.05) is 11.9 Å². The van der Waals surface area contributed by atoms with Gasteiger partial charge in [0, 0.05) is 31.7 Å². The Hall–Kier alpha value is -1.10. The summed E-state index contributed by atoms with van der Waals surface area (Å²) in [5.74, 6) is 0.969. The average molecular weight is 295 g/mol. The van der Waals surface area contributed by atoms with Gasteiger partial charge in [0.1, 0.15) is 4.60 Å². The number of anilines is 1. The van der Waals surface area contributed by atoms with Crippen molar-refractivity contribution < 1.29 is 0 Å². The molecule has 0 radical (unpaired) electrons. The Morgan fingerprint density at radius 3 is 2.94 bits per heavy atom. The molecule has 0 aliphatic heterocycles. The molecule has 2 heterocycles. The van der Waals surface area contributed by atoms with Crippen LogP contribution < -0.4 is 4.90 Å². The molecule has 1 aliphatic carbocycles. The quantitative estimate of drug-likeness (QED) is 0.854. The Morgan fingerprint density at radius 1 is 1.41 bits per heavy atom. The Morgan fingerprint density at radius 2 is 2.18 bits per heavy atom. The zero-order valence-corrected chi connectivity index (χ0v) is 11.4. The van der Waals surface area contributed by atoms with Crippen LogP contribution in [0.4, 0.5) is 5.82 Å². The van der Waals surface area contributed by atoms with E-state index in [0.717, 1.165) is 16.1 Å². The van der Waals surface area contributed by atoms with Crippen LogP contribution in [0.2, 0.25) is 0 Å². The van der Waals surface area contributed by atoms with E-state index >= 15 is 0 Å². The molecule has 5 heteroatoms. The lowest BCUT2D eigenvalue weighted by atomic mass is 10.2. The minimum absolute atomic E-state index is 0.609. The summed E-state index contributed by atoms with van der Waals surface area (Å²) in [4.78, 5) is 11.2. The van der Waals surface area contributed by atoms with Crippen LogP contribution in [0, 0.1) is 0 Å². The van der Waals surface area contributed by atoms with Crippen LogP contribution in [-0.4, -0.2) is 27.5 Å². The van der Waals surface area contributed by atoms with Crippen LogP contribution in [0.5, 0.6) is 0 Å². The second-order valence-electron chi connectivity index (χ2n) is 4.59. The van der Waals surface area contributed by atoms with Gasteiger partial charge < -0.3 is 9.30 Å². The molecule has 0 bridgehead atoms. The van der Waals surface area contributed by atoms with E-state index in [2.05, 4.69) is 37.8 Å². The van der Waals surface area contributed by atoms with Gasteiger partial charge in [0.25, 0.3) is 0 Å². The summed E-state index contributed by atoms with van der Waals surface area (Å²) in [5.41, 5.74) is 0.933. The molecule has 0 aromatic carbocycles. The number of aromatic nitrogens is 3. The van der Waals surface area contributed by atoms with Crippen molar-refractivity contribution in [2.24, 2.45) is 0 Å². The third-order valence-electron chi connectivity index (χ3n) is 3.53. The smallest absolute Gasteiger partial charge is 0.180 e. The molecule has 0 atom stereocenters. The fraction of sp³-hybridized carbons (Fsp3) is 0.500. The first kappa shape index (κ1) is 11.0. The summed E-state index contributed by atoms with van der Waals surface area (Å²) >= 11 is 3.46. The van der Waals surface area contributed by atoms with E-state index in [1.165, 1.54) is 25.7 Å². The van der Waals surface area contributed by atoms with E-state index in [-0.39, 0.29) is 0 Å². The first-order valence-electron chi connectivity index (χ1n) is 5.98. The standard InChI is InChI=1S/C12H15BrN4/c1-16(9-4-2-3-5-9)12-11-14-6-7-17(11)8-10(13)15-12/h6-9H,2-5H2,1H3. The molecule has 1 aliphatic rings. The van der Waals surface area contributed by atoms with Crippen LogP contribution in [-0.2, 0) is 0 Å². The molecule has 2 aromatic heterocycles. The average Bonchev–Trinajstić information content (AvgIpc) is 2.97. The number of rotatable bonds is 2. The topological polar surface area (TPSA) is 33.4 Å². The molecular formula is C12H15BrN4. The zero-order valence-electron chi connectivity index (χ0n) is 9.80. The first-order chi connectivity index (χ1) is 8.25. The Labute approximate surface area is 109 Å². The zero-order chi connectivity index (χ0) is 11.8. The second kappa shape index (κ2) is 4.29. The molecule has 0 unspecified atom stereocenters. The van der Waals surface area contributed by atoms with Crippen molar-refractivity contribution in [1.29, 1.82) is 0 Å². The van der Waals surface area contributed by atoms with Gasteiger partial charge in [0.15, 0.2) is 11.5 Å². The summed E-state index contributed by atoms with van der Waals surface area (Å²) in [6.07, 6.45) is 10.9. The Kier molecular flexibility index (Phi) is 2.78. The van der Waals surface area contributed by atoms with Gasteiger partial charge >= 0.3 is 0 Å². The fourth-order valence-electron chi connectivity index (χ4n) is 2.59. The van der Waals surface area contributed by atoms with Gasteiger partial charge in [-0.05, 0) is 28.8 Å². The van der Waals surface area contributed by atoms with Crippen molar-refractivity contribution in [3.63, 3.8) is 0 Å². The minimum atomic E-state index is 0.609. The van der Waals surface area contributed by atoms with E-state index in [4.69, 9.17) is 0 Å². The highest BCUT2D eigenvalue weighted by molar-refractivity contribution is 9.10. The predicted octanol–water partition coefficient (Wildman–Crippen LogP) is 2.87. The summed E-state index contributed by atoms with van der Waals surface area (Å²) in [5, 5.41) is 0. The van der Waals surface area contributed by atoms with Gasteiger partial charge in [0.2, 0.25) is 0 Å². The molecule has 0 amide bonds. The van der Waals surface area contributed by atoms with E-state index in [1.54, 1.807) is 0 Å². The van der Waals surface area contributed by atoms with Crippen molar-refractivity contribution in [3.05, 3.63) is 23.2 Å². The number of nitrogens with zero attached hydrogens (tertiary/aromatic N) is 4. The largest absolute Gasteiger partial charge is 0.354 e. The molecular weight excluding hydrogens is 280 g/mol. The maximum absolute atomic E-state index is 4.58. The van der Waals surface area contributed by atoms with Gasteiger partial charge in [-0.25, -0.2) is 9.97 Å². The summed E-state index contributed by atoms with van der Waals surface area (Å²) < 4.78 is 2.86. The third-order valence-corrected chi connectivity index (χ3v) is 3.92. The molecule has 0 N–H and O–H groups in total. The number of fused-ring (bicyclic) bond motifs is 1. The third kappa shape index (κ3) is 1.92. The van der Waals surface area contributed by atoms with Crippen LogP contribution in [0.25, 0.3) is 5.65 Å². The number of hydrogen-bond acceptors (Lipinski definition) is 3. The van der Waals surface area contributed by atoms with E-state index in [1.807, 2.05) is 23.0 Å². The summed E-state index contributed by atoms with van der Waals surface area (Å²) in [6.45, 7) is 0. The molecule has 3 rings (SSSR count). The van der Waals surface area contributed by atoms with Crippen molar-refractivity contribution in [2.45, 2.75) is 31.7 Å². The molecule has 2 aromatic rings. The van der Waals surface area contributed by atoms with Crippen molar-refractivity contribution in [3.8, 4) is 0 Å². The number of hydrogen-bond donors (Lipinski definition) is 0. The van der Waals surface area contributed by atoms with Gasteiger partial charge in [-0.3, -0.25) is 0 Å². The lowest BCUT2D eigenvalue weighted by molar-refractivity contribution is 0.646. The van der Waals surface area contributed by atoms with Crippen LogP contribution in [0.1, 0.15) is 25.7 Å². The van der Waals surface area contributed by atoms with Crippen LogP contribution >= 0.6 is 15.9 Å².